The first-order valence-corrected chi connectivity index (χ1v) is 15.2. The lowest BCUT2D eigenvalue weighted by atomic mass is 9.84. The molecule has 2 aliphatic heterocycles. The predicted molar refractivity (Wildman–Crippen MR) is 184 cm³/mol. The molecule has 0 unspecified atom stereocenters. The Morgan fingerprint density at radius 2 is 0.818 bits per heavy atom. The van der Waals surface area contributed by atoms with E-state index in [1.54, 1.807) is 0 Å². The lowest BCUT2D eigenvalue weighted by molar-refractivity contribution is 0.596. The molecule has 0 spiro atoms. The maximum atomic E-state index is 5.26. The van der Waals surface area contributed by atoms with Crippen molar-refractivity contribution >= 4 is 43.6 Å². The molecule has 4 heteroatoms. The maximum absolute atomic E-state index is 5.26. The molecule has 2 aliphatic rings. The average molecular weight is 567 g/mol. The Balaban J connectivity index is 1.52. The van der Waals surface area contributed by atoms with Gasteiger partial charge in [0.15, 0.2) is 0 Å². The largest absolute Gasteiger partial charge is 0.354 e. The highest BCUT2D eigenvalue weighted by atomic mass is 14.8. The number of aromatic amines is 2. The Labute approximate surface area is 255 Å². The minimum atomic E-state index is -0.0414. The molecule has 0 amide bonds. The first-order chi connectivity index (χ1) is 21.4. The Hall–Kier alpha value is -5.48. The molecule has 0 atom stereocenters. The van der Waals surface area contributed by atoms with E-state index in [1.807, 2.05) is 0 Å². The van der Waals surface area contributed by atoms with Crippen LogP contribution in [0.3, 0.4) is 0 Å². The van der Waals surface area contributed by atoms with Crippen LogP contribution in [-0.2, 0) is 5.41 Å². The van der Waals surface area contributed by atoms with Crippen molar-refractivity contribution in [1.82, 2.24) is 19.9 Å². The molecule has 3 aromatic heterocycles. The summed E-state index contributed by atoms with van der Waals surface area (Å²) in [7, 11) is 0. The number of H-pyrrole nitrogens is 2. The zero-order valence-electron chi connectivity index (χ0n) is 24.9. The van der Waals surface area contributed by atoms with Crippen LogP contribution in [0, 0.1) is 0 Å². The quantitative estimate of drug-likeness (QED) is 0.192. The van der Waals surface area contributed by atoms with Crippen LogP contribution in [0.1, 0.15) is 26.3 Å². The van der Waals surface area contributed by atoms with Crippen molar-refractivity contribution in [3.05, 3.63) is 121 Å². The third-order valence-corrected chi connectivity index (χ3v) is 9.04. The van der Waals surface area contributed by atoms with Gasteiger partial charge in [0, 0.05) is 65.9 Å². The summed E-state index contributed by atoms with van der Waals surface area (Å²) in [5.41, 5.74) is 13.8. The number of hydrogen-bond donors (Lipinski definition) is 2. The highest BCUT2D eigenvalue weighted by molar-refractivity contribution is 6.11. The Morgan fingerprint density at radius 3 is 1.30 bits per heavy atom. The van der Waals surface area contributed by atoms with E-state index in [9.17, 15) is 0 Å². The molecule has 2 N–H and O–H groups in total. The van der Waals surface area contributed by atoms with Crippen molar-refractivity contribution in [1.29, 1.82) is 0 Å². The van der Waals surface area contributed by atoms with Crippen LogP contribution in [0.5, 0.6) is 0 Å². The molecule has 5 heterocycles. The number of fused-ring (bicyclic) bond motifs is 20. The first kappa shape index (κ1) is 25.1. The SMILES string of the molecule is CC(C)(C)c1cccc2c3cc4nc(cc5[nH]c(cc6nc(cc([nH]3)c12)-c1ccccc1-6)c1ccccc51)-c1ccccc1-4. The van der Waals surface area contributed by atoms with Gasteiger partial charge in [-0.15, -0.1) is 0 Å². The molecule has 0 saturated heterocycles. The van der Waals surface area contributed by atoms with E-state index in [0.717, 1.165) is 77.9 Å². The van der Waals surface area contributed by atoms with Gasteiger partial charge in [0.05, 0.1) is 22.8 Å². The molecule has 0 fully saturated rings. The molecule has 8 bridgehead atoms. The van der Waals surface area contributed by atoms with Gasteiger partial charge in [-0.1, -0.05) is 112 Å². The first-order valence-electron chi connectivity index (χ1n) is 15.2. The second-order valence-corrected chi connectivity index (χ2v) is 12.9. The maximum Gasteiger partial charge on any atom is 0.0737 e. The summed E-state index contributed by atoms with van der Waals surface area (Å²) in [5.74, 6) is 0. The van der Waals surface area contributed by atoms with Gasteiger partial charge in [0.25, 0.3) is 0 Å². The lowest BCUT2D eigenvalue weighted by Crippen LogP contribution is -2.11. The number of nitrogens with one attached hydrogen (secondary N) is 2. The third-order valence-electron chi connectivity index (χ3n) is 9.04. The van der Waals surface area contributed by atoms with E-state index in [1.165, 1.54) is 16.3 Å². The standard InChI is InChI=1S/C40H30N4/c1-40(2,3)30-18-10-17-29-37-21-35-26-14-7-6-13-25(26)33(42-35)19-31-23-11-4-5-12-24(23)32(41-31)20-34-27-15-8-9-16-28(27)36(43-34)22-38(44-37)39(29)30/h4-22,41,44H,1-3H3. The van der Waals surface area contributed by atoms with Crippen molar-refractivity contribution < 1.29 is 0 Å². The van der Waals surface area contributed by atoms with Crippen LogP contribution in [-0.4, -0.2) is 19.9 Å². The van der Waals surface area contributed by atoms with E-state index in [-0.39, 0.29) is 5.41 Å². The molecule has 0 radical (unpaired) electrons. The average Bonchev–Trinajstić information content (AvgIpc) is 3.76. The molecule has 44 heavy (non-hydrogen) atoms. The molecule has 0 saturated carbocycles. The molecule has 210 valence electrons. The van der Waals surface area contributed by atoms with Gasteiger partial charge >= 0.3 is 0 Å². The predicted octanol–water partition coefficient (Wildman–Crippen LogP) is 10.6. The van der Waals surface area contributed by atoms with Crippen molar-refractivity contribution in [2.24, 2.45) is 0 Å². The van der Waals surface area contributed by atoms with Gasteiger partial charge in [0.2, 0.25) is 0 Å². The van der Waals surface area contributed by atoms with Crippen LogP contribution >= 0.6 is 0 Å². The summed E-state index contributed by atoms with van der Waals surface area (Å²) >= 11 is 0. The highest BCUT2D eigenvalue weighted by Gasteiger charge is 2.22. The van der Waals surface area contributed by atoms with Gasteiger partial charge < -0.3 is 9.97 Å². The fraction of sp³-hybridized carbons (Fsp3) is 0.100. The normalized spacial score (nSPS) is 12.4. The van der Waals surface area contributed by atoms with E-state index in [0.29, 0.717) is 0 Å². The second-order valence-electron chi connectivity index (χ2n) is 12.9. The molecular weight excluding hydrogens is 536 g/mol. The summed E-state index contributed by atoms with van der Waals surface area (Å²) < 4.78 is 0. The number of rotatable bonds is 0. The highest BCUT2D eigenvalue weighted by Crippen LogP contribution is 2.41. The van der Waals surface area contributed by atoms with Gasteiger partial charge in [-0.05, 0) is 35.2 Å². The monoisotopic (exact) mass is 566 g/mol. The van der Waals surface area contributed by atoms with Crippen LogP contribution in [0.15, 0.2) is 115 Å². The van der Waals surface area contributed by atoms with Gasteiger partial charge in [0.1, 0.15) is 0 Å². The van der Waals surface area contributed by atoms with Crippen molar-refractivity contribution in [3.8, 4) is 45.0 Å². The molecule has 7 aromatic rings. The Morgan fingerprint density at radius 1 is 0.432 bits per heavy atom. The van der Waals surface area contributed by atoms with E-state index in [4.69, 9.17) is 9.97 Å². The van der Waals surface area contributed by atoms with Crippen molar-refractivity contribution in [3.63, 3.8) is 0 Å². The van der Waals surface area contributed by atoms with E-state index < -0.39 is 0 Å². The van der Waals surface area contributed by atoms with Crippen LogP contribution in [0.4, 0.5) is 0 Å². The van der Waals surface area contributed by atoms with Crippen molar-refractivity contribution in [2.45, 2.75) is 26.2 Å². The number of nitrogens with zero attached hydrogens (tertiary/aromatic N) is 2. The Kier molecular flexibility index (Phi) is 5.13. The fourth-order valence-corrected chi connectivity index (χ4v) is 7.00. The lowest BCUT2D eigenvalue weighted by Gasteiger charge is -2.20. The smallest absolute Gasteiger partial charge is 0.0737 e. The molecule has 9 rings (SSSR count). The van der Waals surface area contributed by atoms with Gasteiger partial charge in [-0.3, -0.25) is 0 Å². The van der Waals surface area contributed by atoms with Crippen LogP contribution in [0.25, 0.3) is 88.6 Å². The number of benzene rings is 4. The van der Waals surface area contributed by atoms with Gasteiger partial charge in [-0.25, -0.2) is 9.97 Å². The second kappa shape index (κ2) is 9.01. The fourth-order valence-electron chi connectivity index (χ4n) is 7.00. The van der Waals surface area contributed by atoms with Crippen LogP contribution < -0.4 is 0 Å². The zero-order valence-corrected chi connectivity index (χ0v) is 24.9. The summed E-state index contributed by atoms with van der Waals surface area (Å²) in [6, 6.07) is 41.1. The Bertz CT molecular complexity index is 2480. The summed E-state index contributed by atoms with van der Waals surface area (Å²) in [6.07, 6.45) is 0. The van der Waals surface area contributed by atoms with E-state index >= 15 is 0 Å². The third kappa shape index (κ3) is 3.70. The number of aromatic nitrogens is 4. The minimum absolute atomic E-state index is 0.0414. The van der Waals surface area contributed by atoms with Crippen LogP contribution in [0.2, 0.25) is 0 Å². The van der Waals surface area contributed by atoms with E-state index in [2.05, 4.69) is 146 Å². The molecule has 4 aromatic carbocycles. The summed E-state index contributed by atoms with van der Waals surface area (Å²) in [5, 5.41) is 4.75. The molecule has 4 nitrogen and oxygen atoms in total. The summed E-state index contributed by atoms with van der Waals surface area (Å²) in [6.45, 7) is 6.84. The van der Waals surface area contributed by atoms with Crippen molar-refractivity contribution in [2.75, 3.05) is 0 Å². The topological polar surface area (TPSA) is 57.4 Å². The van der Waals surface area contributed by atoms with Gasteiger partial charge in [-0.2, -0.15) is 0 Å². The summed E-state index contributed by atoms with van der Waals surface area (Å²) in [4.78, 5) is 18.1. The minimum Gasteiger partial charge on any atom is -0.354 e. The zero-order chi connectivity index (χ0) is 29.6. The molecule has 0 aliphatic carbocycles. The molecular formula is C40H30N4. The number of hydrogen-bond acceptors (Lipinski definition) is 2.